The lowest BCUT2D eigenvalue weighted by atomic mass is 10.1. The third-order valence-electron chi connectivity index (χ3n) is 4.03. The van der Waals surface area contributed by atoms with Crippen molar-refractivity contribution in [1.29, 1.82) is 0 Å². The van der Waals surface area contributed by atoms with Gasteiger partial charge in [-0.1, -0.05) is 12.1 Å². The topological polar surface area (TPSA) is 61.8 Å². The molecule has 2 rings (SSSR count). The molecule has 1 amide bonds. The van der Waals surface area contributed by atoms with Crippen LogP contribution in [0.5, 0.6) is 5.75 Å². The molecule has 1 fully saturated rings. The normalized spacial score (nSPS) is 16.6. The minimum absolute atomic E-state index is 0.0816. The second-order valence-corrected chi connectivity index (χ2v) is 5.83. The van der Waals surface area contributed by atoms with Crippen LogP contribution in [0.25, 0.3) is 6.08 Å². The molecule has 1 saturated heterocycles. The minimum atomic E-state index is -0.132. The number of amides is 1. The Hall–Kier alpha value is -1.85. The number of hydrogen-bond acceptors (Lipinski definition) is 4. The van der Waals surface area contributed by atoms with E-state index in [0.717, 1.165) is 50.2 Å². The van der Waals surface area contributed by atoms with Crippen molar-refractivity contribution in [2.24, 2.45) is 0 Å². The van der Waals surface area contributed by atoms with Crippen molar-refractivity contribution < 1.29 is 14.6 Å². The predicted molar refractivity (Wildman–Crippen MR) is 91.3 cm³/mol. The molecule has 0 bridgehead atoms. The standard InChI is InChI=1S/C18H26N2O3/c1-23-17-5-2-4-15(14-17)6-7-18(22)19-10-3-11-20-12-8-16(21)9-13-20/h2,4-7,14,16,21H,3,8-13H2,1H3,(H,19,22). The van der Waals surface area contributed by atoms with Gasteiger partial charge in [0.05, 0.1) is 13.2 Å². The number of benzene rings is 1. The van der Waals surface area contributed by atoms with Gasteiger partial charge in [0.2, 0.25) is 5.91 Å². The fourth-order valence-electron chi connectivity index (χ4n) is 2.63. The van der Waals surface area contributed by atoms with Crippen LogP contribution in [0, 0.1) is 0 Å². The fourth-order valence-corrected chi connectivity index (χ4v) is 2.63. The highest BCUT2D eigenvalue weighted by Gasteiger charge is 2.15. The summed E-state index contributed by atoms with van der Waals surface area (Å²) in [5.74, 6) is 0.695. The number of nitrogens with one attached hydrogen (secondary N) is 1. The van der Waals surface area contributed by atoms with Gasteiger partial charge in [0, 0.05) is 25.7 Å². The van der Waals surface area contributed by atoms with Gasteiger partial charge in [-0.25, -0.2) is 0 Å². The van der Waals surface area contributed by atoms with Crippen molar-refractivity contribution in [3.8, 4) is 5.75 Å². The summed E-state index contributed by atoms with van der Waals surface area (Å²) in [6.07, 6.45) is 5.84. The first-order valence-corrected chi connectivity index (χ1v) is 8.18. The number of rotatable bonds is 7. The zero-order valence-corrected chi connectivity index (χ0v) is 13.7. The molecular weight excluding hydrogens is 292 g/mol. The molecular formula is C18H26N2O3. The first kappa shape index (κ1) is 17.5. The molecule has 1 aliphatic heterocycles. The molecule has 5 nitrogen and oxygen atoms in total. The van der Waals surface area contributed by atoms with Crippen LogP contribution in [0.2, 0.25) is 0 Å². The molecule has 1 heterocycles. The van der Waals surface area contributed by atoms with Crippen molar-refractivity contribution in [3.05, 3.63) is 35.9 Å². The lowest BCUT2D eigenvalue weighted by Gasteiger charge is -2.29. The molecule has 0 atom stereocenters. The summed E-state index contributed by atoms with van der Waals surface area (Å²) < 4.78 is 5.15. The third-order valence-corrected chi connectivity index (χ3v) is 4.03. The highest BCUT2D eigenvalue weighted by atomic mass is 16.5. The molecule has 2 N–H and O–H groups in total. The van der Waals surface area contributed by atoms with Gasteiger partial charge in [0.15, 0.2) is 0 Å². The van der Waals surface area contributed by atoms with E-state index in [2.05, 4.69) is 10.2 Å². The first-order valence-electron chi connectivity index (χ1n) is 8.18. The average molecular weight is 318 g/mol. The number of methoxy groups -OCH3 is 1. The Morgan fingerprint density at radius 2 is 2.22 bits per heavy atom. The Kier molecular flexibility index (Phi) is 7.10. The smallest absolute Gasteiger partial charge is 0.243 e. The van der Waals surface area contributed by atoms with Crippen LogP contribution >= 0.6 is 0 Å². The van der Waals surface area contributed by atoms with Crippen molar-refractivity contribution in [2.75, 3.05) is 33.3 Å². The maximum Gasteiger partial charge on any atom is 0.243 e. The van der Waals surface area contributed by atoms with E-state index < -0.39 is 0 Å². The molecule has 23 heavy (non-hydrogen) atoms. The van der Waals surface area contributed by atoms with Gasteiger partial charge in [-0.05, 0) is 49.6 Å². The Bertz CT molecular complexity index is 523. The number of aliphatic hydroxyl groups is 1. The molecule has 0 radical (unpaired) electrons. The van der Waals surface area contributed by atoms with E-state index in [1.807, 2.05) is 24.3 Å². The molecule has 0 aromatic heterocycles. The SMILES string of the molecule is COc1cccc(C=CC(=O)NCCCN2CCC(O)CC2)c1. The summed E-state index contributed by atoms with van der Waals surface area (Å²) in [6.45, 7) is 3.53. The van der Waals surface area contributed by atoms with E-state index in [0.29, 0.717) is 6.54 Å². The van der Waals surface area contributed by atoms with Gasteiger partial charge in [-0.2, -0.15) is 0 Å². The summed E-state index contributed by atoms with van der Waals surface area (Å²) in [6, 6.07) is 7.58. The van der Waals surface area contributed by atoms with E-state index in [-0.39, 0.29) is 12.0 Å². The summed E-state index contributed by atoms with van der Waals surface area (Å²) in [4.78, 5) is 14.1. The van der Waals surface area contributed by atoms with Crippen LogP contribution < -0.4 is 10.1 Å². The lowest BCUT2D eigenvalue weighted by Crippen LogP contribution is -2.37. The van der Waals surface area contributed by atoms with E-state index >= 15 is 0 Å². The van der Waals surface area contributed by atoms with Crippen molar-refractivity contribution in [3.63, 3.8) is 0 Å². The van der Waals surface area contributed by atoms with E-state index in [1.165, 1.54) is 0 Å². The summed E-state index contributed by atoms with van der Waals surface area (Å²) >= 11 is 0. The van der Waals surface area contributed by atoms with Crippen LogP contribution in [0.4, 0.5) is 0 Å². The van der Waals surface area contributed by atoms with Gasteiger partial charge in [0.25, 0.3) is 0 Å². The molecule has 1 aromatic carbocycles. The van der Waals surface area contributed by atoms with Gasteiger partial charge in [0.1, 0.15) is 5.75 Å². The lowest BCUT2D eigenvalue weighted by molar-refractivity contribution is -0.116. The van der Waals surface area contributed by atoms with Crippen molar-refractivity contribution in [2.45, 2.75) is 25.4 Å². The van der Waals surface area contributed by atoms with Crippen LogP contribution in [-0.4, -0.2) is 55.3 Å². The Labute approximate surface area is 137 Å². The number of nitrogens with zero attached hydrogens (tertiary/aromatic N) is 1. The number of carbonyl (C=O) groups is 1. The molecule has 0 unspecified atom stereocenters. The molecule has 0 aliphatic carbocycles. The van der Waals surface area contributed by atoms with Gasteiger partial charge < -0.3 is 20.1 Å². The van der Waals surface area contributed by atoms with Crippen LogP contribution in [-0.2, 0) is 4.79 Å². The average Bonchev–Trinajstić information content (AvgIpc) is 2.58. The number of hydrogen-bond donors (Lipinski definition) is 2. The first-order chi connectivity index (χ1) is 11.2. The Balaban J connectivity index is 1.63. The number of piperidine rings is 1. The van der Waals surface area contributed by atoms with Gasteiger partial charge in [-0.15, -0.1) is 0 Å². The van der Waals surface area contributed by atoms with Crippen molar-refractivity contribution >= 4 is 12.0 Å². The second kappa shape index (κ2) is 9.33. The van der Waals surface area contributed by atoms with Gasteiger partial charge >= 0.3 is 0 Å². The zero-order chi connectivity index (χ0) is 16.5. The Morgan fingerprint density at radius 3 is 2.96 bits per heavy atom. The van der Waals surface area contributed by atoms with Crippen LogP contribution in [0.15, 0.2) is 30.3 Å². The largest absolute Gasteiger partial charge is 0.497 e. The van der Waals surface area contributed by atoms with E-state index in [4.69, 9.17) is 4.74 Å². The molecule has 0 saturated carbocycles. The highest BCUT2D eigenvalue weighted by Crippen LogP contribution is 2.13. The molecule has 126 valence electrons. The van der Waals surface area contributed by atoms with E-state index in [9.17, 15) is 9.90 Å². The number of likely N-dealkylation sites (tertiary alicyclic amines) is 1. The summed E-state index contributed by atoms with van der Waals surface area (Å²) in [5, 5.41) is 12.4. The third kappa shape index (κ3) is 6.42. The molecule has 1 aromatic rings. The fraction of sp³-hybridized carbons (Fsp3) is 0.500. The predicted octanol–water partition coefficient (Wildman–Crippen LogP) is 1.67. The summed E-state index contributed by atoms with van der Waals surface area (Å²) in [5.41, 5.74) is 0.936. The van der Waals surface area contributed by atoms with Gasteiger partial charge in [-0.3, -0.25) is 4.79 Å². The van der Waals surface area contributed by atoms with Crippen LogP contribution in [0.1, 0.15) is 24.8 Å². The minimum Gasteiger partial charge on any atom is -0.497 e. The maximum atomic E-state index is 11.8. The maximum absolute atomic E-state index is 11.8. The second-order valence-electron chi connectivity index (χ2n) is 5.83. The zero-order valence-electron chi connectivity index (χ0n) is 13.7. The molecule has 1 aliphatic rings. The van der Waals surface area contributed by atoms with E-state index in [1.54, 1.807) is 19.3 Å². The molecule has 5 heteroatoms. The van der Waals surface area contributed by atoms with Crippen LogP contribution in [0.3, 0.4) is 0 Å². The Morgan fingerprint density at radius 1 is 1.43 bits per heavy atom. The van der Waals surface area contributed by atoms with Crippen molar-refractivity contribution in [1.82, 2.24) is 10.2 Å². The number of carbonyl (C=O) groups excluding carboxylic acids is 1. The number of ether oxygens (including phenoxy) is 1. The summed E-state index contributed by atoms with van der Waals surface area (Å²) in [7, 11) is 1.62. The quantitative estimate of drug-likeness (QED) is 0.593. The number of aliphatic hydroxyl groups excluding tert-OH is 1. The molecule has 0 spiro atoms. The monoisotopic (exact) mass is 318 g/mol. The highest BCUT2D eigenvalue weighted by molar-refractivity contribution is 5.91.